The zero-order valence-corrected chi connectivity index (χ0v) is 13.5. The van der Waals surface area contributed by atoms with Crippen molar-refractivity contribution in [2.75, 3.05) is 5.32 Å². The van der Waals surface area contributed by atoms with E-state index in [0.717, 1.165) is 9.35 Å². The number of rotatable bonds is 5. The summed E-state index contributed by atoms with van der Waals surface area (Å²) in [7, 11) is 0. The summed E-state index contributed by atoms with van der Waals surface area (Å²) in [6.45, 7) is 7.79. The van der Waals surface area contributed by atoms with Crippen molar-refractivity contribution in [1.82, 2.24) is 20.0 Å². The van der Waals surface area contributed by atoms with Crippen LogP contribution in [0.3, 0.4) is 0 Å². The average Bonchev–Trinajstić information content (AvgIpc) is 2.98. The van der Waals surface area contributed by atoms with Gasteiger partial charge in [0.15, 0.2) is 4.34 Å². The van der Waals surface area contributed by atoms with Crippen LogP contribution in [-0.4, -0.2) is 31.1 Å². The van der Waals surface area contributed by atoms with Gasteiger partial charge in [0.2, 0.25) is 5.91 Å². The Morgan fingerprint density at radius 1 is 1.40 bits per heavy atom. The first-order valence-electron chi connectivity index (χ1n) is 6.28. The molecule has 1 amide bonds. The lowest BCUT2D eigenvalue weighted by molar-refractivity contribution is -0.115. The molecular weight excluding hydrogens is 294 g/mol. The quantitative estimate of drug-likeness (QED) is 0.860. The van der Waals surface area contributed by atoms with Crippen LogP contribution in [0.15, 0.2) is 16.6 Å². The molecule has 0 aliphatic carbocycles. The molecule has 0 saturated heterocycles. The predicted octanol–water partition coefficient (Wildman–Crippen LogP) is 2.74. The van der Waals surface area contributed by atoms with Crippen molar-refractivity contribution in [3.05, 3.63) is 17.3 Å². The molecule has 2 rings (SSSR count). The molecule has 0 aliphatic rings. The Hall–Kier alpha value is -1.41. The molecule has 0 radical (unpaired) electrons. The Morgan fingerprint density at radius 2 is 2.15 bits per heavy atom. The van der Waals surface area contributed by atoms with E-state index in [9.17, 15) is 4.79 Å². The molecule has 0 unspecified atom stereocenters. The third kappa shape index (κ3) is 3.57. The van der Waals surface area contributed by atoms with Gasteiger partial charge in [-0.05, 0) is 27.7 Å². The third-order valence-corrected chi connectivity index (χ3v) is 4.59. The van der Waals surface area contributed by atoms with Crippen molar-refractivity contribution in [3.8, 4) is 0 Å². The molecule has 8 heteroatoms. The van der Waals surface area contributed by atoms with Gasteiger partial charge in [-0.15, -0.1) is 10.2 Å². The van der Waals surface area contributed by atoms with E-state index in [1.807, 2.05) is 27.7 Å². The SMILES string of the molecule is Cc1nnc(S[C@H](C)C(=O)Nc2ccnn2C(C)C)s1. The van der Waals surface area contributed by atoms with Crippen LogP contribution >= 0.6 is 23.1 Å². The topological polar surface area (TPSA) is 72.7 Å². The molecule has 0 spiro atoms. The lowest BCUT2D eigenvalue weighted by Crippen LogP contribution is -2.24. The van der Waals surface area contributed by atoms with Crippen molar-refractivity contribution < 1.29 is 4.79 Å². The van der Waals surface area contributed by atoms with Gasteiger partial charge in [-0.2, -0.15) is 5.10 Å². The number of aryl methyl sites for hydroxylation is 1. The number of hydrogen-bond donors (Lipinski definition) is 1. The van der Waals surface area contributed by atoms with E-state index in [2.05, 4.69) is 20.6 Å². The first kappa shape index (κ1) is 15.0. The van der Waals surface area contributed by atoms with Gasteiger partial charge in [-0.25, -0.2) is 4.68 Å². The van der Waals surface area contributed by atoms with Gasteiger partial charge in [0.1, 0.15) is 10.8 Å². The average molecular weight is 311 g/mol. The Morgan fingerprint density at radius 3 is 2.75 bits per heavy atom. The lowest BCUT2D eigenvalue weighted by atomic mass is 10.4. The van der Waals surface area contributed by atoms with Crippen LogP contribution in [0.2, 0.25) is 0 Å². The number of thioether (sulfide) groups is 1. The molecule has 2 aromatic rings. The summed E-state index contributed by atoms with van der Waals surface area (Å²) in [6, 6.07) is 2.00. The zero-order chi connectivity index (χ0) is 14.7. The van der Waals surface area contributed by atoms with E-state index in [0.29, 0.717) is 5.82 Å². The number of anilines is 1. The molecule has 1 atom stereocenters. The van der Waals surface area contributed by atoms with Gasteiger partial charge >= 0.3 is 0 Å². The number of amides is 1. The molecule has 0 fully saturated rings. The van der Waals surface area contributed by atoms with Crippen LogP contribution in [0.1, 0.15) is 31.8 Å². The number of nitrogens with zero attached hydrogens (tertiary/aromatic N) is 4. The molecule has 20 heavy (non-hydrogen) atoms. The van der Waals surface area contributed by atoms with E-state index in [1.54, 1.807) is 16.9 Å². The minimum atomic E-state index is -0.238. The summed E-state index contributed by atoms with van der Waals surface area (Å²) in [6.07, 6.45) is 1.68. The molecule has 0 aliphatic heterocycles. The van der Waals surface area contributed by atoms with Gasteiger partial charge in [0.05, 0.1) is 11.4 Å². The maximum absolute atomic E-state index is 12.2. The van der Waals surface area contributed by atoms with E-state index >= 15 is 0 Å². The molecule has 6 nitrogen and oxygen atoms in total. The maximum atomic E-state index is 12.2. The van der Waals surface area contributed by atoms with Gasteiger partial charge in [-0.1, -0.05) is 23.1 Å². The molecular formula is C12H17N5OS2. The second-order valence-corrected chi connectivity index (χ2v) is 7.36. The van der Waals surface area contributed by atoms with Crippen molar-refractivity contribution in [3.63, 3.8) is 0 Å². The molecule has 0 saturated carbocycles. The Kier molecular flexibility index (Phi) is 4.77. The molecule has 2 heterocycles. The minimum absolute atomic E-state index is 0.0646. The van der Waals surface area contributed by atoms with Crippen LogP contribution in [-0.2, 0) is 4.79 Å². The number of carbonyl (C=O) groups excluding carboxylic acids is 1. The van der Waals surface area contributed by atoms with E-state index in [4.69, 9.17) is 0 Å². The van der Waals surface area contributed by atoms with Gasteiger partial charge in [0.25, 0.3) is 0 Å². The summed E-state index contributed by atoms with van der Waals surface area (Å²) in [5.41, 5.74) is 0. The van der Waals surface area contributed by atoms with Gasteiger partial charge in [0, 0.05) is 12.1 Å². The highest BCUT2D eigenvalue weighted by Crippen LogP contribution is 2.27. The second-order valence-electron chi connectivity index (χ2n) is 4.59. The minimum Gasteiger partial charge on any atom is -0.310 e. The van der Waals surface area contributed by atoms with Crippen LogP contribution in [0.25, 0.3) is 0 Å². The summed E-state index contributed by atoms with van der Waals surface area (Å²) < 4.78 is 2.59. The fourth-order valence-corrected chi connectivity index (χ4v) is 3.54. The Balaban J connectivity index is 1.99. The smallest absolute Gasteiger partial charge is 0.238 e. The Labute approximate surface area is 126 Å². The highest BCUT2D eigenvalue weighted by Gasteiger charge is 2.18. The highest BCUT2D eigenvalue weighted by atomic mass is 32.2. The summed E-state index contributed by atoms with van der Waals surface area (Å²) in [5.74, 6) is 0.649. The van der Waals surface area contributed by atoms with Crippen molar-refractivity contribution in [2.45, 2.75) is 43.3 Å². The number of carbonyl (C=O) groups is 1. The lowest BCUT2D eigenvalue weighted by Gasteiger charge is -2.14. The number of hydrogen-bond acceptors (Lipinski definition) is 6. The first-order chi connectivity index (χ1) is 9.47. The van der Waals surface area contributed by atoms with Gasteiger partial charge < -0.3 is 5.32 Å². The second kappa shape index (κ2) is 6.36. The molecule has 108 valence electrons. The molecule has 2 aromatic heterocycles. The molecule has 0 bridgehead atoms. The van der Waals surface area contributed by atoms with Crippen LogP contribution in [0.4, 0.5) is 5.82 Å². The van der Waals surface area contributed by atoms with Crippen LogP contribution in [0.5, 0.6) is 0 Å². The van der Waals surface area contributed by atoms with Crippen LogP contribution in [0, 0.1) is 6.92 Å². The number of aromatic nitrogens is 4. The third-order valence-electron chi connectivity index (χ3n) is 2.57. The summed E-state index contributed by atoms with van der Waals surface area (Å²) in [4.78, 5) is 12.2. The normalized spacial score (nSPS) is 12.7. The van der Waals surface area contributed by atoms with Crippen molar-refractivity contribution >= 4 is 34.8 Å². The number of nitrogens with one attached hydrogen (secondary N) is 1. The van der Waals surface area contributed by atoms with E-state index in [-0.39, 0.29) is 17.2 Å². The molecule has 1 N–H and O–H groups in total. The van der Waals surface area contributed by atoms with E-state index in [1.165, 1.54) is 23.1 Å². The molecule has 0 aromatic carbocycles. The summed E-state index contributed by atoms with van der Waals surface area (Å²) in [5, 5.41) is 15.7. The fraction of sp³-hybridized carbons (Fsp3) is 0.500. The standard InChI is InChI=1S/C12H17N5OS2/c1-7(2)17-10(5-6-13-17)14-11(18)8(3)19-12-16-15-9(4)20-12/h5-8H,1-4H3,(H,14,18)/t8-/m1/s1. The van der Waals surface area contributed by atoms with Crippen molar-refractivity contribution in [2.24, 2.45) is 0 Å². The van der Waals surface area contributed by atoms with E-state index < -0.39 is 0 Å². The van der Waals surface area contributed by atoms with Crippen LogP contribution < -0.4 is 5.32 Å². The monoisotopic (exact) mass is 311 g/mol. The Bertz CT molecular complexity index is 592. The first-order valence-corrected chi connectivity index (χ1v) is 7.98. The highest BCUT2D eigenvalue weighted by molar-refractivity contribution is 8.02. The predicted molar refractivity (Wildman–Crippen MR) is 81.2 cm³/mol. The maximum Gasteiger partial charge on any atom is 0.238 e. The zero-order valence-electron chi connectivity index (χ0n) is 11.8. The van der Waals surface area contributed by atoms with Gasteiger partial charge in [-0.3, -0.25) is 4.79 Å². The largest absolute Gasteiger partial charge is 0.310 e. The van der Waals surface area contributed by atoms with Crippen molar-refractivity contribution in [1.29, 1.82) is 0 Å². The fourth-order valence-electron chi connectivity index (χ4n) is 1.58. The summed E-state index contributed by atoms with van der Waals surface area (Å²) >= 11 is 2.90.